The van der Waals surface area contributed by atoms with Crippen molar-refractivity contribution in [2.75, 3.05) is 25.1 Å². The molecule has 1 aliphatic carbocycles. The zero-order valence-corrected chi connectivity index (χ0v) is 9.48. The van der Waals surface area contributed by atoms with E-state index in [2.05, 4.69) is 5.92 Å². The molecule has 1 rings (SSSR count). The molecule has 0 aliphatic heterocycles. The average molecular weight is 211 g/mol. The molecule has 14 heavy (non-hydrogen) atoms. The smallest absolute Gasteiger partial charge is 0.224 e. The molecule has 0 unspecified atom stereocenters. The molecule has 1 amide bonds. The molecule has 0 aromatic rings. The van der Waals surface area contributed by atoms with Gasteiger partial charge in [0.05, 0.1) is 6.54 Å². The second-order valence-corrected chi connectivity index (χ2v) is 4.65. The van der Waals surface area contributed by atoms with Gasteiger partial charge in [-0.15, -0.1) is 6.42 Å². The Hall–Kier alpha value is -0.620. The molecule has 0 saturated heterocycles. The van der Waals surface area contributed by atoms with E-state index in [-0.39, 0.29) is 5.91 Å². The van der Waals surface area contributed by atoms with E-state index in [0.29, 0.717) is 13.0 Å². The van der Waals surface area contributed by atoms with Crippen LogP contribution < -0.4 is 0 Å². The summed E-state index contributed by atoms with van der Waals surface area (Å²) in [5, 5.41) is 0. The first-order chi connectivity index (χ1) is 6.77. The number of rotatable bonds is 6. The first kappa shape index (κ1) is 11.5. The largest absolute Gasteiger partial charge is 0.331 e. The van der Waals surface area contributed by atoms with Crippen molar-refractivity contribution in [2.45, 2.75) is 19.3 Å². The Labute approximate surface area is 90.4 Å². The van der Waals surface area contributed by atoms with Gasteiger partial charge in [-0.3, -0.25) is 4.79 Å². The molecule has 0 atom stereocenters. The summed E-state index contributed by atoms with van der Waals surface area (Å²) in [4.78, 5) is 13.5. The number of terminal acetylenes is 1. The van der Waals surface area contributed by atoms with Gasteiger partial charge < -0.3 is 4.90 Å². The van der Waals surface area contributed by atoms with Gasteiger partial charge in [0, 0.05) is 18.7 Å². The van der Waals surface area contributed by atoms with E-state index >= 15 is 0 Å². The molecule has 0 heterocycles. The predicted octanol–water partition coefficient (Wildman–Crippen LogP) is 1.61. The third kappa shape index (κ3) is 4.06. The minimum atomic E-state index is 0.212. The van der Waals surface area contributed by atoms with Gasteiger partial charge in [-0.1, -0.05) is 5.92 Å². The van der Waals surface area contributed by atoms with E-state index < -0.39 is 0 Å². The van der Waals surface area contributed by atoms with E-state index in [1.807, 2.05) is 11.2 Å². The minimum Gasteiger partial charge on any atom is -0.331 e. The highest BCUT2D eigenvalue weighted by Crippen LogP contribution is 2.29. The molecule has 78 valence electrons. The van der Waals surface area contributed by atoms with Crippen LogP contribution >= 0.6 is 11.8 Å². The first-order valence-corrected chi connectivity index (χ1v) is 6.37. The highest BCUT2D eigenvalue weighted by molar-refractivity contribution is 7.98. The van der Waals surface area contributed by atoms with Gasteiger partial charge in [0.25, 0.3) is 0 Å². The van der Waals surface area contributed by atoms with E-state index in [4.69, 9.17) is 6.42 Å². The van der Waals surface area contributed by atoms with Crippen molar-refractivity contribution in [2.24, 2.45) is 5.92 Å². The van der Waals surface area contributed by atoms with E-state index in [0.717, 1.165) is 18.2 Å². The molecule has 1 fully saturated rings. The maximum Gasteiger partial charge on any atom is 0.224 e. The Morgan fingerprint density at radius 3 is 2.86 bits per heavy atom. The highest BCUT2D eigenvalue weighted by Gasteiger charge is 2.25. The maximum atomic E-state index is 11.7. The fourth-order valence-electron chi connectivity index (χ4n) is 1.32. The van der Waals surface area contributed by atoms with Crippen LogP contribution in [0, 0.1) is 18.3 Å². The summed E-state index contributed by atoms with van der Waals surface area (Å²) >= 11 is 1.70. The number of amides is 1. The maximum absolute atomic E-state index is 11.7. The molecule has 0 N–H and O–H groups in total. The standard InChI is InChI=1S/C11H17NOS/c1-3-7-12(9-10-4-5-10)11(13)6-8-14-2/h1,10H,4-9H2,2H3. The lowest BCUT2D eigenvalue weighted by Gasteiger charge is -2.19. The molecule has 0 radical (unpaired) electrons. The molecule has 0 aromatic carbocycles. The predicted molar refractivity (Wildman–Crippen MR) is 61.1 cm³/mol. The van der Waals surface area contributed by atoms with Gasteiger partial charge in [0.1, 0.15) is 0 Å². The number of thioether (sulfide) groups is 1. The Morgan fingerprint density at radius 2 is 2.36 bits per heavy atom. The van der Waals surface area contributed by atoms with Crippen molar-refractivity contribution in [3.8, 4) is 12.3 Å². The van der Waals surface area contributed by atoms with Crippen LogP contribution in [0.1, 0.15) is 19.3 Å². The van der Waals surface area contributed by atoms with Crippen molar-refractivity contribution < 1.29 is 4.79 Å². The van der Waals surface area contributed by atoms with E-state index in [9.17, 15) is 4.79 Å². The molecule has 0 bridgehead atoms. The van der Waals surface area contributed by atoms with Crippen molar-refractivity contribution in [1.29, 1.82) is 0 Å². The second kappa shape index (κ2) is 5.98. The van der Waals surface area contributed by atoms with Gasteiger partial charge in [-0.05, 0) is 25.0 Å². The van der Waals surface area contributed by atoms with Crippen LogP contribution in [-0.4, -0.2) is 35.9 Å². The summed E-state index contributed by atoms with van der Waals surface area (Å²) < 4.78 is 0. The van der Waals surface area contributed by atoms with Gasteiger partial charge in [0.2, 0.25) is 5.91 Å². The number of nitrogens with zero attached hydrogens (tertiary/aromatic N) is 1. The SMILES string of the molecule is C#CCN(CC1CC1)C(=O)CCSC. The Morgan fingerprint density at radius 1 is 1.64 bits per heavy atom. The molecule has 1 saturated carbocycles. The lowest BCUT2D eigenvalue weighted by molar-refractivity contribution is -0.130. The number of hydrogen-bond donors (Lipinski definition) is 0. The average Bonchev–Trinajstić information content (AvgIpc) is 2.97. The minimum absolute atomic E-state index is 0.212. The topological polar surface area (TPSA) is 20.3 Å². The third-order valence-corrected chi connectivity index (χ3v) is 2.94. The van der Waals surface area contributed by atoms with Crippen molar-refractivity contribution >= 4 is 17.7 Å². The fourth-order valence-corrected chi connectivity index (χ4v) is 1.70. The number of carbonyl (C=O) groups excluding carboxylic acids is 1. The second-order valence-electron chi connectivity index (χ2n) is 3.66. The lowest BCUT2D eigenvalue weighted by atomic mass is 10.3. The third-order valence-electron chi connectivity index (χ3n) is 2.33. The van der Waals surface area contributed by atoms with Crippen LogP contribution in [0.4, 0.5) is 0 Å². The van der Waals surface area contributed by atoms with Crippen LogP contribution in [0.5, 0.6) is 0 Å². The number of carbonyl (C=O) groups is 1. The molecular weight excluding hydrogens is 194 g/mol. The molecule has 3 heteroatoms. The first-order valence-electron chi connectivity index (χ1n) is 4.98. The van der Waals surface area contributed by atoms with Crippen molar-refractivity contribution in [3.63, 3.8) is 0 Å². The summed E-state index contributed by atoms with van der Waals surface area (Å²) in [6.45, 7) is 1.35. The monoisotopic (exact) mass is 211 g/mol. The Bertz CT molecular complexity index is 230. The van der Waals surface area contributed by atoms with Crippen LogP contribution in [0.25, 0.3) is 0 Å². The molecular formula is C11H17NOS. The zero-order valence-electron chi connectivity index (χ0n) is 8.66. The van der Waals surface area contributed by atoms with Crippen molar-refractivity contribution in [1.82, 2.24) is 4.90 Å². The van der Waals surface area contributed by atoms with E-state index in [1.54, 1.807) is 11.8 Å². The summed E-state index contributed by atoms with van der Waals surface area (Å²) in [6.07, 6.45) is 10.4. The zero-order chi connectivity index (χ0) is 10.4. The Kier molecular flexibility index (Phi) is 4.89. The van der Waals surface area contributed by atoms with Gasteiger partial charge in [-0.25, -0.2) is 0 Å². The summed E-state index contributed by atoms with van der Waals surface area (Å²) in [6, 6.07) is 0. The summed E-state index contributed by atoms with van der Waals surface area (Å²) in [5.41, 5.74) is 0. The highest BCUT2D eigenvalue weighted by atomic mass is 32.2. The quantitative estimate of drug-likeness (QED) is 0.622. The van der Waals surface area contributed by atoms with Crippen LogP contribution in [0.2, 0.25) is 0 Å². The lowest BCUT2D eigenvalue weighted by Crippen LogP contribution is -2.33. The van der Waals surface area contributed by atoms with Crippen molar-refractivity contribution in [3.05, 3.63) is 0 Å². The normalized spacial score (nSPS) is 14.9. The number of hydrogen-bond acceptors (Lipinski definition) is 2. The van der Waals surface area contributed by atoms with Crippen LogP contribution in [-0.2, 0) is 4.79 Å². The summed E-state index contributed by atoms with van der Waals surface area (Å²) in [5.74, 6) is 4.39. The molecule has 2 nitrogen and oxygen atoms in total. The summed E-state index contributed by atoms with van der Waals surface area (Å²) in [7, 11) is 0. The van der Waals surface area contributed by atoms with E-state index in [1.165, 1.54) is 12.8 Å². The molecule has 0 spiro atoms. The molecule has 0 aromatic heterocycles. The molecule has 1 aliphatic rings. The van der Waals surface area contributed by atoms with Gasteiger partial charge in [0.15, 0.2) is 0 Å². The van der Waals surface area contributed by atoms with Gasteiger partial charge in [-0.2, -0.15) is 11.8 Å². The van der Waals surface area contributed by atoms with Gasteiger partial charge >= 0.3 is 0 Å². The van der Waals surface area contributed by atoms with Crippen LogP contribution in [0.15, 0.2) is 0 Å². The van der Waals surface area contributed by atoms with Crippen LogP contribution in [0.3, 0.4) is 0 Å². The fraction of sp³-hybridized carbons (Fsp3) is 0.727. The Balaban J connectivity index is 2.31.